The summed E-state index contributed by atoms with van der Waals surface area (Å²) in [5.41, 5.74) is 3.04. The second-order valence-electron chi connectivity index (χ2n) is 3.61. The van der Waals surface area contributed by atoms with Gasteiger partial charge in [0.05, 0.1) is 0 Å². The van der Waals surface area contributed by atoms with Gasteiger partial charge in [-0.25, -0.2) is 0 Å². The number of hydrogen-bond donors (Lipinski definition) is 0. The van der Waals surface area contributed by atoms with Gasteiger partial charge in [-0.05, 0) is 31.5 Å². The summed E-state index contributed by atoms with van der Waals surface area (Å²) >= 11 is 0. The van der Waals surface area contributed by atoms with Gasteiger partial charge in [-0.15, -0.1) is 0 Å². The molecule has 2 rings (SSSR count). The van der Waals surface area contributed by atoms with Crippen molar-refractivity contribution < 1.29 is 0 Å². The average molecular weight is 161 g/mol. The van der Waals surface area contributed by atoms with E-state index in [2.05, 4.69) is 43.1 Å². The third kappa shape index (κ3) is 1.14. The molecule has 1 aliphatic heterocycles. The van der Waals surface area contributed by atoms with Crippen LogP contribution in [0.5, 0.6) is 0 Å². The minimum absolute atomic E-state index is 0.593. The van der Waals surface area contributed by atoms with Crippen LogP contribution in [0.1, 0.15) is 24.1 Å². The van der Waals surface area contributed by atoms with Gasteiger partial charge in [0, 0.05) is 12.6 Å². The van der Waals surface area contributed by atoms with Crippen molar-refractivity contribution >= 4 is 0 Å². The molecule has 1 aliphatic rings. The lowest BCUT2D eigenvalue weighted by molar-refractivity contribution is 0.247. The fourth-order valence-corrected chi connectivity index (χ4v) is 1.90. The molecule has 0 fully saturated rings. The highest BCUT2D eigenvalue weighted by Crippen LogP contribution is 2.27. The lowest BCUT2D eigenvalue weighted by Gasteiger charge is -2.31. The average Bonchev–Trinajstić information content (AvgIpc) is 2.12. The highest BCUT2D eigenvalue weighted by atomic mass is 15.1. The van der Waals surface area contributed by atoms with Crippen LogP contribution >= 0.6 is 0 Å². The molecule has 0 spiro atoms. The van der Waals surface area contributed by atoms with Crippen LogP contribution in [0, 0.1) is 0 Å². The first kappa shape index (κ1) is 7.81. The van der Waals surface area contributed by atoms with E-state index in [0.29, 0.717) is 6.04 Å². The van der Waals surface area contributed by atoms with Crippen molar-refractivity contribution in [1.29, 1.82) is 0 Å². The molecule has 0 saturated heterocycles. The molecule has 0 saturated carbocycles. The van der Waals surface area contributed by atoms with E-state index >= 15 is 0 Å². The van der Waals surface area contributed by atoms with Crippen molar-refractivity contribution in [3.8, 4) is 0 Å². The zero-order valence-corrected chi connectivity index (χ0v) is 7.75. The smallest absolute Gasteiger partial charge is 0.0319 e. The normalized spacial score (nSPS) is 23.7. The molecule has 12 heavy (non-hydrogen) atoms. The Morgan fingerprint density at radius 1 is 1.33 bits per heavy atom. The van der Waals surface area contributed by atoms with Crippen molar-refractivity contribution in [1.82, 2.24) is 4.90 Å². The summed E-state index contributed by atoms with van der Waals surface area (Å²) < 4.78 is 0. The minimum atomic E-state index is 0.593. The highest BCUT2D eigenvalue weighted by Gasteiger charge is 2.19. The molecule has 0 bridgehead atoms. The first-order chi connectivity index (χ1) is 5.79. The predicted octanol–water partition coefficient (Wildman–Crippen LogP) is 2.24. The van der Waals surface area contributed by atoms with E-state index in [1.54, 1.807) is 0 Å². The van der Waals surface area contributed by atoms with Gasteiger partial charge in [-0.3, -0.25) is 4.90 Å². The maximum absolute atomic E-state index is 2.41. The predicted molar refractivity (Wildman–Crippen MR) is 51.2 cm³/mol. The van der Waals surface area contributed by atoms with Crippen molar-refractivity contribution in [2.45, 2.75) is 19.4 Å². The summed E-state index contributed by atoms with van der Waals surface area (Å²) in [5, 5.41) is 0. The molecule has 0 unspecified atom stereocenters. The van der Waals surface area contributed by atoms with Crippen LogP contribution in [-0.4, -0.2) is 18.5 Å². The molecular weight excluding hydrogens is 146 g/mol. The lowest BCUT2D eigenvalue weighted by Crippen LogP contribution is -2.30. The van der Waals surface area contributed by atoms with Gasteiger partial charge in [-0.1, -0.05) is 24.3 Å². The monoisotopic (exact) mass is 161 g/mol. The molecule has 0 aromatic heterocycles. The molecule has 0 amide bonds. The Hall–Kier alpha value is -0.820. The first-order valence-corrected chi connectivity index (χ1v) is 4.57. The standard InChI is InChI=1S/C11H15N/c1-9-11-6-4-3-5-10(11)7-8-12(9)2/h3-6,9H,7-8H2,1-2H3/t9-/m1/s1. The third-order valence-corrected chi connectivity index (χ3v) is 2.90. The Kier molecular flexibility index (Phi) is 1.89. The van der Waals surface area contributed by atoms with Crippen LogP contribution < -0.4 is 0 Å². The van der Waals surface area contributed by atoms with Gasteiger partial charge >= 0.3 is 0 Å². The van der Waals surface area contributed by atoms with Crippen LogP contribution in [0.3, 0.4) is 0 Å². The quantitative estimate of drug-likeness (QED) is 0.564. The second kappa shape index (κ2) is 2.91. The van der Waals surface area contributed by atoms with E-state index in [1.165, 1.54) is 24.1 Å². The molecule has 1 heterocycles. The summed E-state index contributed by atoms with van der Waals surface area (Å²) in [5.74, 6) is 0. The molecule has 1 aromatic carbocycles. The number of nitrogens with zero attached hydrogens (tertiary/aromatic N) is 1. The number of likely N-dealkylation sites (N-methyl/N-ethyl adjacent to an activating group) is 1. The Morgan fingerprint density at radius 2 is 2.08 bits per heavy atom. The Balaban J connectivity index is 2.42. The summed E-state index contributed by atoms with van der Waals surface area (Å²) in [4.78, 5) is 2.41. The second-order valence-corrected chi connectivity index (χ2v) is 3.61. The van der Waals surface area contributed by atoms with E-state index in [0.717, 1.165) is 0 Å². The summed E-state index contributed by atoms with van der Waals surface area (Å²) in [6.45, 7) is 3.47. The fraction of sp³-hybridized carbons (Fsp3) is 0.455. The van der Waals surface area contributed by atoms with Crippen LogP contribution in [0.2, 0.25) is 0 Å². The zero-order valence-electron chi connectivity index (χ0n) is 7.75. The van der Waals surface area contributed by atoms with Crippen LogP contribution in [0.25, 0.3) is 0 Å². The van der Waals surface area contributed by atoms with E-state index in [1.807, 2.05) is 0 Å². The van der Waals surface area contributed by atoms with Crippen molar-refractivity contribution in [2.24, 2.45) is 0 Å². The molecule has 1 nitrogen and oxygen atoms in total. The van der Waals surface area contributed by atoms with E-state index < -0.39 is 0 Å². The van der Waals surface area contributed by atoms with E-state index in [-0.39, 0.29) is 0 Å². The number of hydrogen-bond acceptors (Lipinski definition) is 1. The van der Waals surface area contributed by atoms with E-state index in [4.69, 9.17) is 0 Å². The van der Waals surface area contributed by atoms with Gasteiger partial charge in [0.25, 0.3) is 0 Å². The maximum atomic E-state index is 2.41. The maximum Gasteiger partial charge on any atom is 0.0319 e. The van der Waals surface area contributed by atoms with Gasteiger partial charge in [0.2, 0.25) is 0 Å². The fourth-order valence-electron chi connectivity index (χ4n) is 1.90. The minimum Gasteiger partial charge on any atom is -0.299 e. The SMILES string of the molecule is C[C@@H]1c2ccccc2CCN1C. The van der Waals surface area contributed by atoms with Gasteiger partial charge in [0.15, 0.2) is 0 Å². The molecule has 0 N–H and O–H groups in total. The Labute approximate surface area is 74.0 Å². The molecular formula is C11H15N. The topological polar surface area (TPSA) is 3.24 Å². The summed E-state index contributed by atoms with van der Waals surface area (Å²) in [7, 11) is 2.20. The van der Waals surface area contributed by atoms with Crippen molar-refractivity contribution in [3.05, 3.63) is 35.4 Å². The third-order valence-electron chi connectivity index (χ3n) is 2.90. The largest absolute Gasteiger partial charge is 0.299 e. The summed E-state index contributed by atoms with van der Waals surface area (Å²) in [6, 6.07) is 9.36. The van der Waals surface area contributed by atoms with E-state index in [9.17, 15) is 0 Å². The lowest BCUT2D eigenvalue weighted by atomic mass is 9.94. The van der Waals surface area contributed by atoms with Gasteiger partial charge in [0.1, 0.15) is 0 Å². The Bertz CT molecular complexity index is 280. The molecule has 1 aromatic rings. The highest BCUT2D eigenvalue weighted by molar-refractivity contribution is 5.31. The van der Waals surface area contributed by atoms with Crippen LogP contribution in [0.4, 0.5) is 0 Å². The Morgan fingerprint density at radius 3 is 2.92 bits per heavy atom. The zero-order chi connectivity index (χ0) is 8.55. The van der Waals surface area contributed by atoms with Crippen LogP contribution in [-0.2, 0) is 6.42 Å². The van der Waals surface area contributed by atoms with Crippen molar-refractivity contribution in [2.75, 3.05) is 13.6 Å². The summed E-state index contributed by atoms with van der Waals surface area (Å²) in [6.07, 6.45) is 1.21. The molecule has 0 radical (unpaired) electrons. The number of fused-ring (bicyclic) bond motifs is 1. The van der Waals surface area contributed by atoms with Crippen LogP contribution in [0.15, 0.2) is 24.3 Å². The molecule has 64 valence electrons. The van der Waals surface area contributed by atoms with Crippen molar-refractivity contribution in [3.63, 3.8) is 0 Å². The first-order valence-electron chi connectivity index (χ1n) is 4.57. The number of benzene rings is 1. The van der Waals surface area contributed by atoms with Gasteiger partial charge < -0.3 is 0 Å². The number of rotatable bonds is 0. The molecule has 1 atom stereocenters. The van der Waals surface area contributed by atoms with Gasteiger partial charge in [-0.2, -0.15) is 0 Å². The molecule has 0 aliphatic carbocycles. The molecule has 1 heteroatoms.